The summed E-state index contributed by atoms with van der Waals surface area (Å²) in [7, 11) is -0.467. The van der Waals surface area contributed by atoms with Gasteiger partial charge in [0.15, 0.2) is 0 Å². The Balaban J connectivity index is 2.25. The molecule has 102 valence electrons. The highest BCUT2D eigenvalue weighted by Gasteiger charge is 2.43. The molecule has 0 radical (unpaired) electrons. The maximum absolute atomic E-state index is 5.83. The molecule has 1 aliphatic heterocycles. The second kappa shape index (κ2) is 4.89. The van der Waals surface area contributed by atoms with Crippen LogP contribution in [0.3, 0.4) is 0 Å². The van der Waals surface area contributed by atoms with E-state index >= 15 is 0 Å². The van der Waals surface area contributed by atoms with Crippen LogP contribution >= 0.6 is 0 Å². The number of ether oxygens (including phenoxy) is 1. The summed E-state index contributed by atoms with van der Waals surface area (Å²) in [4.78, 5) is 4.33. The highest BCUT2D eigenvalue weighted by atomic mass is 16.7. The van der Waals surface area contributed by atoms with Gasteiger partial charge in [0, 0.05) is 11.7 Å². The molecular weight excluding hydrogens is 241 g/mol. The first kappa shape index (κ1) is 13.9. The van der Waals surface area contributed by atoms with Crippen LogP contribution in [0.2, 0.25) is 0 Å². The lowest BCUT2D eigenvalue weighted by atomic mass is 9.80. The van der Waals surface area contributed by atoms with E-state index in [-0.39, 0.29) is 6.10 Å². The summed E-state index contributed by atoms with van der Waals surface area (Å²) in [6, 6.07) is 1.92. The number of nitrogens with zero attached hydrogens (tertiary/aromatic N) is 1. The SMILES string of the molecule is C=C1OB(c2cnc(C)c(OC(C)C)c2)OC1(C)C. The van der Waals surface area contributed by atoms with Gasteiger partial charge < -0.3 is 14.0 Å². The predicted molar refractivity (Wildman–Crippen MR) is 75.5 cm³/mol. The second-order valence-corrected chi connectivity index (χ2v) is 5.52. The Morgan fingerprint density at radius 1 is 1.42 bits per heavy atom. The molecule has 1 saturated heterocycles. The lowest BCUT2D eigenvalue weighted by molar-refractivity contribution is 0.173. The highest BCUT2D eigenvalue weighted by Crippen LogP contribution is 2.29. The van der Waals surface area contributed by atoms with Crippen molar-refractivity contribution in [2.24, 2.45) is 0 Å². The molecule has 5 heteroatoms. The standard InChI is InChI=1S/C14H20BNO3/c1-9(2)17-13-7-12(8-16-10(13)3)15-18-11(4)14(5,6)19-15/h7-9H,4H2,1-3,5-6H3. The van der Waals surface area contributed by atoms with Gasteiger partial charge in [0.25, 0.3) is 0 Å². The van der Waals surface area contributed by atoms with Crippen LogP contribution in [0.1, 0.15) is 33.4 Å². The number of hydrogen-bond acceptors (Lipinski definition) is 4. The maximum Gasteiger partial charge on any atom is 0.565 e. The van der Waals surface area contributed by atoms with Crippen molar-refractivity contribution < 1.29 is 14.0 Å². The fourth-order valence-corrected chi connectivity index (χ4v) is 1.79. The third-order valence-electron chi connectivity index (χ3n) is 3.02. The lowest BCUT2D eigenvalue weighted by Crippen LogP contribution is -2.35. The molecule has 1 aromatic heterocycles. The van der Waals surface area contributed by atoms with Crippen molar-refractivity contribution in [3.05, 3.63) is 30.3 Å². The fraction of sp³-hybridized carbons (Fsp3) is 0.500. The molecule has 0 aliphatic carbocycles. The number of aromatic nitrogens is 1. The average molecular weight is 261 g/mol. The fourth-order valence-electron chi connectivity index (χ4n) is 1.79. The van der Waals surface area contributed by atoms with Crippen LogP contribution in [0.4, 0.5) is 0 Å². The van der Waals surface area contributed by atoms with E-state index in [4.69, 9.17) is 14.0 Å². The van der Waals surface area contributed by atoms with E-state index in [1.165, 1.54) is 0 Å². The van der Waals surface area contributed by atoms with Crippen LogP contribution in [0, 0.1) is 6.92 Å². The normalized spacial score (nSPS) is 17.8. The Morgan fingerprint density at radius 2 is 2.11 bits per heavy atom. The van der Waals surface area contributed by atoms with Crippen LogP contribution in [0.5, 0.6) is 5.75 Å². The van der Waals surface area contributed by atoms with Gasteiger partial charge in [-0.15, -0.1) is 0 Å². The minimum absolute atomic E-state index is 0.104. The van der Waals surface area contributed by atoms with E-state index in [0.29, 0.717) is 5.76 Å². The van der Waals surface area contributed by atoms with Crippen molar-refractivity contribution in [1.29, 1.82) is 0 Å². The molecule has 4 nitrogen and oxygen atoms in total. The predicted octanol–water partition coefficient (Wildman–Crippen LogP) is 2.21. The lowest BCUT2D eigenvalue weighted by Gasteiger charge is -2.16. The van der Waals surface area contributed by atoms with Gasteiger partial charge in [-0.3, -0.25) is 4.98 Å². The van der Waals surface area contributed by atoms with E-state index in [1.807, 2.05) is 40.7 Å². The van der Waals surface area contributed by atoms with Gasteiger partial charge in [-0.05, 0) is 40.7 Å². The maximum atomic E-state index is 5.83. The zero-order chi connectivity index (χ0) is 14.2. The first-order valence-electron chi connectivity index (χ1n) is 6.46. The molecule has 0 amide bonds. The summed E-state index contributed by atoms with van der Waals surface area (Å²) in [6.07, 6.45) is 1.86. The van der Waals surface area contributed by atoms with Gasteiger partial charge in [0.2, 0.25) is 0 Å². The summed E-state index contributed by atoms with van der Waals surface area (Å²) in [6.45, 7) is 13.6. The Kier molecular flexibility index (Phi) is 3.59. The van der Waals surface area contributed by atoms with Crippen molar-refractivity contribution >= 4 is 12.6 Å². The quantitative estimate of drug-likeness (QED) is 0.782. The molecule has 2 heterocycles. The van der Waals surface area contributed by atoms with E-state index in [9.17, 15) is 0 Å². The Labute approximate surface area is 114 Å². The molecule has 1 aliphatic rings. The minimum Gasteiger partial charge on any atom is -0.534 e. The zero-order valence-electron chi connectivity index (χ0n) is 12.2. The molecule has 0 saturated carbocycles. The second-order valence-electron chi connectivity index (χ2n) is 5.52. The van der Waals surface area contributed by atoms with Crippen molar-refractivity contribution in [2.45, 2.75) is 46.3 Å². The zero-order valence-corrected chi connectivity index (χ0v) is 12.2. The van der Waals surface area contributed by atoms with E-state index < -0.39 is 12.7 Å². The third kappa shape index (κ3) is 2.92. The summed E-state index contributed by atoms with van der Waals surface area (Å²) in [5.74, 6) is 1.39. The van der Waals surface area contributed by atoms with Crippen LogP contribution < -0.4 is 10.2 Å². The van der Waals surface area contributed by atoms with Crippen LogP contribution in [0.25, 0.3) is 0 Å². The third-order valence-corrected chi connectivity index (χ3v) is 3.02. The Hall–Kier alpha value is -1.49. The first-order chi connectivity index (χ1) is 8.79. The van der Waals surface area contributed by atoms with E-state index in [2.05, 4.69) is 11.6 Å². The van der Waals surface area contributed by atoms with Gasteiger partial charge in [0.1, 0.15) is 11.4 Å². The first-order valence-corrected chi connectivity index (χ1v) is 6.46. The van der Waals surface area contributed by atoms with E-state index in [1.54, 1.807) is 6.20 Å². The van der Waals surface area contributed by atoms with Gasteiger partial charge >= 0.3 is 7.12 Å². The van der Waals surface area contributed by atoms with Gasteiger partial charge in [-0.1, -0.05) is 6.58 Å². The topological polar surface area (TPSA) is 40.6 Å². The molecule has 0 bridgehead atoms. The molecule has 2 rings (SSSR count). The largest absolute Gasteiger partial charge is 0.565 e. The van der Waals surface area contributed by atoms with Crippen molar-refractivity contribution in [2.75, 3.05) is 0 Å². The van der Waals surface area contributed by atoms with Crippen molar-refractivity contribution in [1.82, 2.24) is 4.98 Å². The number of rotatable bonds is 3. The highest BCUT2D eigenvalue weighted by molar-refractivity contribution is 6.62. The molecule has 1 aromatic rings. The number of hydrogen-bond donors (Lipinski definition) is 0. The molecule has 0 atom stereocenters. The van der Waals surface area contributed by atoms with Crippen LogP contribution in [-0.2, 0) is 9.31 Å². The monoisotopic (exact) mass is 261 g/mol. The number of pyridine rings is 1. The van der Waals surface area contributed by atoms with Gasteiger partial charge in [-0.2, -0.15) is 0 Å². The summed E-state index contributed by atoms with van der Waals surface area (Å²) in [5, 5.41) is 0. The molecule has 0 unspecified atom stereocenters. The molecule has 0 N–H and O–H groups in total. The van der Waals surface area contributed by atoms with Crippen molar-refractivity contribution in [3.8, 4) is 5.75 Å². The van der Waals surface area contributed by atoms with E-state index in [0.717, 1.165) is 16.9 Å². The number of aryl methyl sites for hydroxylation is 1. The molecule has 0 aromatic carbocycles. The smallest absolute Gasteiger partial charge is 0.534 e. The average Bonchev–Trinajstić information content (AvgIpc) is 2.56. The molecule has 1 fully saturated rings. The van der Waals surface area contributed by atoms with Gasteiger partial charge in [0.05, 0.1) is 17.6 Å². The molecule has 0 spiro atoms. The van der Waals surface area contributed by atoms with Gasteiger partial charge in [-0.25, -0.2) is 0 Å². The minimum atomic E-state index is -0.478. The molecule has 19 heavy (non-hydrogen) atoms. The summed E-state index contributed by atoms with van der Waals surface area (Å²) >= 11 is 0. The van der Waals surface area contributed by atoms with Crippen LogP contribution in [0.15, 0.2) is 24.6 Å². The summed E-state index contributed by atoms with van der Waals surface area (Å²) < 4.78 is 17.2. The Morgan fingerprint density at radius 3 is 2.63 bits per heavy atom. The van der Waals surface area contributed by atoms with Crippen LogP contribution in [-0.4, -0.2) is 23.8 Å². The Bertz CT molecular complexity index is 499. The van der Waals surface area contributed by atoms with Crippen molar-refractivity contribution in [3.63, 3.8) is 0 Å². The molecular formula is C14H20BNO3. The summed E-state index contributed by atoms with van der Waals surface area (Å²) in [5.41, 5.74) is 1.22.